The molecular weight excluding hydrogens is 403 g/mol. The SMILES string of the molecule is FC(F)(F)c1ccccc1COc1c2cnc3ccccc3c2nn1-c1ccccc1. The summed E-state index contributed by atoms with van der Waals surface area (Å²) >= 11 is 0. The molecule has 0 aliphatic heterocycles. The maximum Gasteiger partial charge on any atom is 0.416 e. The fourth-order valence-corrected chi connectivity index (χ4v) is 3.60. The van der Waals surface area contributed by atoms with Crippen molar-refractivity contribution >= 4 is 21.8 Å². The second-order valence-corrected chi connectivity index (χ2v) is 7.03. The van der Waals surface area contributed by atoms with Crippen LogP contribution in [0, 0.1) is 0 Å². The monoisotopic (exact) mass is 419 g/mol. The van der Waals surface area contributed by atoms with Crippen LogP contribution in [0.3, 0.4) is 0 Å². The summed E-state index contributed by atoms with van der Waals surface area (Å²) in [6.07, 6.45) is -2.81. The normalized spacial score (nSPS) is 11.8. The molecule has 0 radical (unpaired) electrons. The Morgan fingerprint density at radius 1 is 0.806 bits per heavy atom. The van der Waals surface area contributed by atoms with E-state index in [0.29, 0.717) is 16.8 Å². The van der Waals surface area contributed by atoms with Crippen LogP contribution < -0.4 is 4.74 Å². The first-order valence-electron chi connectivity index (χ1n) is 9.62. The van der Waals surface area contributed by atoms with Crippen molar-refractivity contribution in [3.05, 3.63) is 96.2 Å². The number of fused-ring (bicyclic) bond motifs is 3. The van der Waals surface area contributed by atoms with Gasteiger partial charge in [-0.15, -0.1) is 0 Å². The van der Waals surface area contributed by atoms with Gasteiger partial charge < -0.3 is 4.74 Å². The van der Waals surface area contributed by atoms with Gasteiger partial charge in [-0.05, 0) is 24.3 Å². The highest BCUT2D eigenvalue weighted by Crippen LogP contribution is 2.35. The number of para-hydroxylation sites is 2. The van der Waals surface area contributed by atoms with E-state index in [9.17, 15) is 13.2 Å². The van der Waals surface area contributed by atoms with Gasteiger partial charge in [-0.2, -0.15) is 23.0 Å². The average Bonchev–Trinajstić information content (AvgIpc) is 3.17. The number of aromatic nitrogens is 3. The highest BCUT2D eigenvalue weighted by Gasteiger charge is 2.33. The Morgan fingerprint density at radius 2 is 1.52 bits per heavy atom. The van der Waals surface area contributed by atoms with Crippen LogP contribution in [-0.4, -0.2) is 14.8 Å². The molecule has 5 aromatic rings. The predicted octanol–water partition coefficient (Wildman–Crippen LogP) is 6.17. The molecule has 0 saturated carbocycles. The lowest BCUT2D eigenvalue weighted by molar-refractivity contribution is -0.138. The second-order valence-electron chi connectivity index (χ2n) is 7.03. The van der Waals surface area contributed by atoms with Gasteiger partial charge in [0.15, 0.2) is 0 Å². The number of halogens is 3. The zero-order valence-electron chi connectivity index (χ0n) is 16.2. The second kappa shape index (κ2) is 7.43. The summed E-state index contributed by atoms with van der Waals surface area (Å²) in [4.78, 5) is 4.48. The minimum absolute atomic E-state index is 0.0534. The lowest BCUT2D eigenvalue weighted by Gasteiger charge is -2.14. The van der Waals surface area contributed by atoms with Gasteiger partial charge in [-0.25, -0.2) is 0 Å². The van der Waals surface area contributed by atoms with Gasteiger partial charge in [0.1, 0.15) is 12.1 Å². The maximum absolute atomic E-state index is 13.4. The van der Waals surface area contributed by atoms with Gasteiger partial charge in [0.25, 0.3) is 0 Å². The van der Waals surface area contributed by atoms with Gasteiger partial charge in [-0.1, -0.05) is 54.6 Å². The van der Waals surface area contributed by atoms with Gasteiger partial charge in [0.05, 0.1) is 22.2 Å². The van der Waals surface area contributed by atoms with Crippen LogP contribution in [-0.2, 0) is 12.8 Å². The molecule has 0 aliphatic rings. The molecule has 3 aromatic carbocycles. The summed E-state index contributed by atoms with van der Waals surface area (Å²) in [5.74, 6) is 0.344. The lowest BCUT2D eigenvalue weighted by atomic mass is 10.1. The molecule has 0 amide bonds. The van der Waals surface area contributed by atoms with E-state index < -0.39 is 11.7 Å². The van der Waals surface area contributed by atoms with Crippen LogP contribution in [0.5, 0.6) is 5.88 Å². The van der Waals surface area contributed by atoms with Crippen molar-refractivity contribution in [1.29, 1.82) is 0 Å². The quantitative estimate of drug-likeness (QED) is 0.350. The van der Waals surface area contributed by atoms with Crippen molar-refractivity contribution in [1.82, 2.24) is 14.8 Å². The zero-order chi connectivity index (χ0) is 21.4. The fourth-order valence-electron chi connectivity index (χ4n) is 3.60. The molecule has 0 spiro atoms. The Labute approximate surface area is 175 Å². The highest BCUT2D eigenvalue weighted by atomic mass is 19.4. The Kier molecular flexibility index (Phi) is 4.58. The fraction of sp³-hybridized carbons (Fsp3) is 0.0833. The summed E-state index contributed by atoms with van der Waals surface area (Å²) in [5, 5.41) is 6.20. The van der Waals surface area contributed by atoms with Crippen molar-refractivity contribution in [2.75, 3.05) is 0 Å². The Balaban J connectivity index is 1.65. The summed E-state index contributed by atoms with van der Waals surface area (Å²) in [6.45, 7) is -0.254. The molecule has 7 heteroatoms. The third-order valence-corrected chi connectivity index (χ3v) is 5.06. The maximum atomic E-state index is 13.4. The van der Waals surface area contributed by atoms with Crippen LogP contribution in [0.25, 0.3) is 27.5 Å². The molecule has 0 bridgehead atoms. The molecular formula is C24H16F3N3O. The molecule has 0 N–H and O–H groups in total. The molecule has 4 nitrogen and oxygen atoms in total. The van der Waals surface area contributed by atoms with E-state index in [1.165, 1.54) is 12.1 Å². The number of hydrogen-bond donors (Lipinski definition) is 0. The van der Waals surface area contributed by atoms with Crippen molar-refractivity contribution in [3.8, 4) is 11.6 Å². The molecule has 0 saturated heterocycles. The standard InChI is InChI=1S/C24H16F3N3O/c25-24(26,27)20-12-6-4-8-16(20)15-31-23-19-14-28-21-13-7-5-11-18(21)22(19)29-30(23)17-9-2-1-3-10-17/h1-14H,15H2. The van der Waals surface area contributed by atoms with Gasteiger partial charge in [-0.3, -0.25) is 4.98 Å². The summed E-state index contributed by atoms with van der Waals surface area (Å²) in [6, 6.07) is 22.3. The Morgan fingerprint density at radius 3 is 2.32 bits per heavy atom. The molecule has 31 heavy (non-hydrogen) atoms. The van der Waals surface area contributed by atoms with E-state index in [1.54, 1.807) is 16.9 Å². The van der Waals surface area contributed by atoms with Gasteiger partial charge in [0.2, 0.25) is 5.88 Å². The number of nitrogens with zero attached hydrogens (tertiary/aromatic N) is 3. The first-order valence-corrected chi connectivity index (χ1v) is 9.62. The summed E-state index contributed by atoms with van der Waals surface area (Å²) in [7, 11) is 0. The van der Waals surface area contributed by atoms with Crippen molar-refractivity contribution in [2.45, 2.75) is 12.8 Å². The lowest BCUT2D eigenvalue weighted by Crippen LogP contribution is -2.11. The van der Waals surface area contributed by atoms with E-state index in [-0.39, 0.29) is 12.2 Å². The van der Waals surface area contributed by atoms with Crippen molar-refractivity contribution < 1.29 is 17.9 Å². The van der Waals surface area contributed by atoms with E-state index >= 15 is 0 Å². The number of ether oxygens (including phenoxy) is 1. The van der Waals surface area contributed by atoms with Crippen LogP contribution in [0.1, 0.15) is 11.1 Å². The third-order valence-electron chi connectivity index (χ3n) is 5.06. The first kappa shape index (κ1) is 19.1. The number of hydrogen-bond acceptors (Lipinski definition) is 3. The Bertz CT molecular complexity index is 1380. The van der Waals surface area contributed by atoms with Gasteiger partial charge in [0, 0.05) is 17.1 Å². The van der Waals surface area contributed by atoms with Crippen LogP contribution >= 0.6 is 0 Å². The first-order chi connectivity index (χ1) is 15.0. The van der Waals surface area contributed by atoms with E-state index in [4.69, 9.17) is 9.84 Å². The molecule has 0 aliphatic carbocycles. The minimum atomic E-state index is -4.46. The van der Waals surface area contributed by atoms with E-state index in [2.05, 4.69) is 4.98 Å². The molecule has 0 fully saturated rings. The average molecular weight is 419 g/mol. The van der Waals surface area contributed by atoms with Crippen molar-refractivity contribution in [3.63, 3.8) is 0 Å². The molecule has 154 valence electrons. The summed E-state index contributed by atoms with van der Waals surface area (Å²) in [5.41, 5.74) is 1.53. The largest absolute Gasteiger partial charge is 0.472 e. The number of rotatable bonds is 4. The van der Waals surface area contributed by atoms with Gasteiger partial charge >= 0.3 is 6.18 Å². The van der Waals surface area contributed by atoms with Crippen molar-refractivity contribution in [2.24, 2.45) is 0 Å². The molecule has 2 aromatic heterocycles. The third kappa shape index (κ3) is 3.48. The van der Waals surface area contributed by atoms with E-state index in [1.807, 2.05) is 54.6 Å². The molecule has 0 atom stereocenters. The zero-order valence-corrected chi connectivity index (χ0v) is 16.2. The topological polar surface area (TPSA) is 39.9 Å². The molecule has 2 heterocycles. The van der Waals surface area contributed by atoms with Crippen LogP contribution in [0.4, 0.5) is 13.2 Å². The van der Waals surface area contributed by atoms with Crippen LogP contribution in [0.15, 0.2) is 85.1 Å². The molecule has 5 rings (SSSR count). The number of alkyl halides is 3. The summed E-state index contributed by atoms with van der Waals surface area (Å²) < 4.78 is 47.8. The highest BCUT2D eigenvalue weighted by molar-refractivity contribution is 6.05. The number of benzene rings is 3. The predicted molar refractivity (Wildman–Crippen MR) is 112 cm³/mol. The Hall–Kier alpha value is -3.87. The van der Waals surface area contributed by atoms with Crippen LogP contribution in [0.2, 0.25) is 0 Å². The minimum Gasteiger partial charge on any atom is -0.472 e. The number of pyridine rings is 1. The smallest absolute Gasteiger partial charge is 0.416 e. The molecule has 0 unspecified atom stereocenters. The van der Waals surface area contributed by atoms with E-state index in [0.717, 1.165) is 22.7 Å².